The topological polar surface area (TPSA) is 72.5 Å². The molecule has 0 bridgehead atoms. The van der Waals surface area contributed by atoms with Crippen LogP contribution in [0.4, 0.5) is 0 Å². The summed E-state index contributed by atoms with van der Waals surface area (Å²) in [7, 11) is 1.30. The van der Waals surface area contributed by atoms with Gasteiger partial charge in [0.05, 0.1) is 12.5 Å². The number of hydrogen-bond acceptors (Lipinski definition) is 4. The maximum atomic E-state index is 11.6. The Kier molecular flexibility index (Phi) is 5.93. The Hall–Kier alpha value is -0.970. The molecule has 1 atom stereocenters. The zero-order chi connectivity index (χ0) is 13.2. The number of carbonyl (C=O) groups excluding carboxylic acids is 1. The number of carbonyl (C=O) groups is 1. The molecule has 1 aromatic carbocycles. The van der Waals surface area contributed by atoms with Crippen LogP contribution in [0.25, 0.3) is 0 Å². The number of phenols is 1. The molecule has 0 spiro atoms. The highest BCUT2D eigenvalue weighted by atomic mass is 35.5. The normalized spacial score (nSPS) is 12.5. The molecule has 1 aromatic rings. The van der Waals surface area contributed by atoms with E-state index in [1.165, 1.54) is 13.2 Å². The lowest BCUT2D eigenvalue weighted by atomic mass is 9.81. The van der Waals surface area contributed by atoms with Crippen molar-refractivity contribution in [2.45, 2.75) is 19.9 Å². The number of phenolic OH excluding ortho intramolecular Hbond substituents is 1. The third kappa shape index (κ3) is 3.28. The van der Waals surface area contributed by atoms with Gasteiger partial charge in [-0.25, -0.2) is 0 Å². The van der Waals surface area contributed by atoms with Crippen LogP contribution < -0.4 is 5.73 Å². The van der Waals surface area contributed by atoms with E-state index in [-0.39, 0.29) is 18.2 Å². The fraction of sp³-hybridized carbons (Fsp3) is 0.417. The molecule has 0 radical (unpaired) electrons. The Morgan fingerprint density at radius 3 is 2.56 bits per heavy atom. The number of methoxy groups -OCH3 is 1. The molecule has 0 fully saturated rings. The number of aromatic hydroxyl groups is 1. The zero-order valence-electron chi connectivity index (χ0n) is 10.4. The average Bonchev–Trinajstić information content (AvgIpc) is 2.30. The summed E-state index contributed by atoms with van der Waals surface area (Å²) in [6.45, 7) is 3.31. The highest BCUT2D eigenvalue weighted by Crippen LogP contribution is 2.37. The molecule has 0 unspecified atom stereocenters. The van der Waals surface area contributed by atoms with Crippen molar-refractivity contribution >= 4 is 30.0 Å². The van der Waals surface area contributed by atoms with E-state index in [9.17, 15) is 9.90 Å². The minimum atomic E-state index is -0.948. The summed E-state index contributed by atoms with van der Waals surface area (Å²) in [5.74, 6) is -0.428. The molecule has 0 aliphatic carbocycles. The van der Waals surface area contributed by atoms with E-state index in [0.717, 1.165) is 0 Å². The molecule has 0 saturated carbocycles. The van der Waals surface area contributed by atoms with E-state index in [1.807, 2.05) is 0 Å². The maximum absolute atomic E-state index is 11.6. The Morgan fingerprint density at radius 2 is 2.06 bits per heavy atom. The van der Waals surface area contributed by atoms with Crippen molar-refractivity contribution < 1.29 is 14.6 Å². The number of esters is 1. The van der Waals surface area contributed by atoms with E-state index in [0.29, 0.717) is 10.6 Å². The number of halogens is 2. The van der Waals surface area contributed by atoms with Crippen LogP contribution in [-0.4, -0.2) is 18.2 Å². The zero-order valence-corrected chi connectivity index (χ0v) is 12.0. The molecule has 0 aromatic heterocycles. The van der Waals surface area contributed by atoms with Gasteiger partial charge in [-0.2, -0.15) is 0 Å². The molecule has 0 aliphatic heterocycles. The highest BCUT2D eigenvalue weighted by molar-refractivity contribution is 6.30. The van der Waals surface area contributed by atoms with Crippen LogP contribution in [0, 0.1) is 5.41 Å². The first kappa shape index (κ1) is 17.0. The van der Waals surface area contributed by atoms with Crippen LogP contribution >= 0.6 is 24.0 Å². The Labute approximate surface area is 117 Å². The Bertz CT molecular complexity index is 435. The monoisotopic (exact) mass is 293 g/mol. The van der Waals surface area contributed by atoms with E-state index >= 15 is 0 Å². The van der Waals surface area contributed by atoms with Crippen molar-refractivity contribution in [1.82, 2.24) is 0 Å². The molecule has 102 valence electrons. The number of benzene rings is 1. The summed E-state index contributed by atoms with van der Waals surface area (Å²) in [6.07, 6.45) is 0. The minimum Gasteiger partial charge on any atom is -0.508 e. The van der Waals surface area contributed by atoms with E-state index in [1.54, 1.807) is 26.0 Å². The van der Waals surface area contributed by atoms with Gasteiger partial charge in [0, 0.05) is 16.6 Å². The van der Waals surface area contributed by atoms with Crippen LogP contribution in [0.3, 0.4) is 0 Å². The molecule has 0 heterocycles. The van der Waals surface area contributed by atoms with Crippen molar-refractivity contribution in [2.24, 2.45) is 11.1 Å². The second-order valence-electron chi connectivity index (χ2n) is 4.39. The maximum Gasteiger partial charge on any atom is 0.313 e. The lowest BCUT2D eigenvalue weighted by Gasteiger charge is -2.29. The molecular weight excluding hydrogens is 277 g/mol. The predicted molar refractivity (Wildman–Crippen MR) is 73.1 cm³/mol. The second kappa shape index (κ2) is 6.27. The van der Waals surface area contributed by atoms with Gasteiger partial charge in [0.15, 0.2) is 0 Å². The highest BCUT2D eigenvalue weighted by Gasteiger charge is 2.37. The van der Waals surface area contributed by atoms with Gasteiger partial charge in [0.25, 0.3) is 0 Å². The lowest BCUT2D eigenvalue weighted by Crippen LogP contribution is -2.37. The van der Waals surface area contributed by atoms with Gasteiger partial charge >= 0.3 is 5.97 Å². The molecule has 0 amide bonds. The van der Waals surface area contributed by atoms with Gasteiger partial charge in [-0.05, 0) is 32.0 Å². The van der Waals surface area contributed by atoms with Crippen LogP contribution in [0.1, 0.15) is 25.5 Å². The first-order chi connectivity index (χ1) is 7.80. The van der Waals surface area contributed by atoms with Gasteiger partial charge in [0.1, 0.15) is 5.75 Å². The van der Waals surface area contributed by atoms with Gasteiger partial charge in [-0.1, -0.05) is 11.6 Å². The van der Waals surface area contributed by atoms with Crippen molar-refractivity contribution in [1.29, 1.82) is 0 Å². The summed E-state index contributed by atoms with van der Waals surface area (Å²) in [5, 5.41) is 10.2. The van der Waals surface area contributed by atoms with Crippen LogP contribution in [-0.2, 0) is 9.53 Å². The van der Waals surface area contributed by atoms with Crippen LogP contribution in [0.5, 0.6) is 5.75 Å². The molecule has 1 rings (SSSR count). The van der Waals surface area contributed by atoms with Gasteiger partial charge in [-0.15, -0.1) is 12.4 Å². The first-order valence-corrected chi connectivity index (χ1v) is 5.51. The van der Waals surface area contributed by atoms with E-state index in [4.69, 9.17) is 22.1 Å². The van der Waals surface area contributed by atoms with Gasteiger partial charge in [-0.3, -0.25) is 4.79 Å². The fourth-order valence-corrected chi connectivity index (χ4v) is 1.73. The summed E-state index contributed by atoms with van der Waals surface area (Å²) in [4.78, 5) is 11.6. The number of ether oxygens (including phenoxy) is 1. The summed E-state index contributed by atoms with van der Waals surface area (Å²) >= 11 is 5.84. The predicted octanol–water partition coefficient (Wildman–Crippen LogP) is 2.67. The fourth-order valence-electron chi connectivity index (χ4n) is 1.55. The van der Waals surface area contributed by atoms with Gasteiger partial charge < -0.3 is 15.6 Å². The SMILES string of the molecule is COC(=O)C(C)(C)[C@@H](N)c1cc(Cl)ccc1O.Cl. The van der Waals surface area contributed by atoms with Gasteiger partial charge in [0.2, 0.25) is 0 Å². The van der Waals surface area contributed by atoms with Crippen LogP contribution in [0.2, 0.25) is 5.02 Å². The number of hydrogen-bond donors (Lipinski definition) is 2. The molecule has 0 saturated heterocycles. The van der Waals surface area contributed by atoms with E-state index in [2.05, 4.69) is 0 Å². The standard InChI is InChI=1S/C12H16ClNO3.ClH/c1-12(2,11(16)17-3)10(14)8-6-7(13)4-5-9(8)15;/h4-6,10,15H,14H2,1-3H3;1H/t10-;/m0./s1. The van der Waals surface area contributed by atoms with Crippen molar-refractivity contribution in [3.63, 3.8) is 0 Å². The largest absolute Gasteiger partial charge is 0.508 e. The van der Waals surface area contributed by atoms with Crippen molar-refractivity contribution in [3.05, 3.63) is 28.8 Å². The quantitative estimate of drug-likeness (QED) is 0.841. The molecular formula is C12H17Cl2NO3. The van der Waals surface area contributed by atoms with Crippen molar-refractivity contribution in [3.8, 4) is 5.75 Å². The van der Waals surface area contributed by atoms with E-state index < -0.39 is 17.4 Å². The summed E-state index contributed by atoms with van der Waals surface area (Å²) in [6, 6.07) is 3.85. The molecule has 18 heavy (non-hydrogen) atoms. The van der Waals surface area contributed by atoms with Crippen molar-refractivity contribution in [2.75, 3.05) is 7.11 Å². The molecule has 3 N–H and O–H groups in total. The minimum absolute atomic E-state index is 0. The third-order valence-electron chi connectivity index (χ3n) is 2.81. The lowest BCUT2D eigenvalue weighted by molar-refractivity contribution is -0.152. The number of rotatable bonds is 3. The van der Waals surface area contributed by atoms with Crippen LogP contribution in [0.15, 0.2) is 18.2 Å². The molecule has 4 nitrogen and oxygen atoms in total. The summed E-state index contributed by atoms with van der Waals surface area (Å²) in [5.41, 5.74) is 5.48. The second-order valence-corrected chi connectivity index (χ2v) is 4.83. The smallest absolute Gasteiger partial charge is 0.313 e. The Morgan fingerprint density at radius 1 is 1.50 bits per heavy atom. The molecule has 0 aliphatic rings. The number of nitrogens with two attached hydrogens (primary N) is 1. The average molecular weight is 294 g/mol. The molecule has 6 heteroatoms. The third-order valence-corrected chi connectivity index (χ3v) is 3.05. The first-order valence-electron chi connectivity index (χ1n) is 5.13. The summed E-state index contributed by atoms with van der Waals surface area (Å²) < 4.78 is 4.69. The Balaban J connectivity index is 0.00000289.